The first kappa shape index (κ1) is 11.2. The van der Waals surface area contributed by atoms with E-state index >= 15 is 0 Å². The first-order chi connectivity index (χ1) is 6.65. The topological polar surface area (TPSA) is 0 Å². The summed E-state index contributed by atoms with van der Waals surface area (Å²) in [6, 6.07) is 5.45. The number of benzene rings is 1. The molecule has 0 amide bonds. The highest BCUT2D eigenvalue weighted by Crippen LogP contribution is 2.23. The summed E-state index contributed by atoms with van der Waals surface area (Å²) in [5, 5.41) is 0. The van der Waals surface area contributed by atoms with Gasteiger partial charge in [0.2, 0.25) is 0 Å². The van der Waals surface area contributed by atoms with Crippen LogP contribution in [-0.4, -0.2) is 0 Å². The molecular formula is C13H19F. The van der Waals surface area contributed by atoms with Crippen LogP contribution >= 0.6 is 0 Å². The molecule has 0 fully saturated rings. The lowest BCUT2D eigenvalue weighted by molar-refractivity contribution is 0.605. The van der Waals surface area contributed by atoms with Gasteiger partial charge in [-0.05, 0) is 36.5 Å². The number of hydrogen-bond donors (Lipinski definition) is 0. The Kier molecular flexibility index (Phi) is 4.12. The average Bonchev–Trinajstić information content (AvgIpc) is 2.18. The van der Waals surface area contributed by atoms with Crippen LogP contribution in [0.5, 0.6) is 0 Å². The summed E-state index contributed by atoms with van der Waals surface area (Å²) < 4.78 is 13.0. The van der Waals surface area contributed by atoms with Gasteiger partial charge in [0.05, 0.1) is 0 Å². The van der Waals surface area contributed by atoms with Gasteiger partial charge >= 0.3 is 0 Å². The molecule has 1 atom stereocenters. The first-order valence-electron chi connectivity index (χ1n) is 5.41. The molecule has 0 N–H and O–H groups in total. The Hall–Kier alpha value is -0.850. The van der Waals surface area contributed by atoms with Gasteiger partial charge in [0.15, 0.2) is 0 Å². The molecule has 0 saturated heterocycles. The molecule has 1 heteroatoms. The highest BCUT2D eigenvalue weighted by atomic mass is 19.1. The Morgan fingerprint density at radius 2 is 2.07 bits per heavy atom. The molecule has 78 valence electrons. The predicted octanol–water partition coefficient (Wildman–Crippen LogP) is 4.43. The minimum Gasteiger partial charge on any atom is -0.207 e. The molecule has 0 nitrogen and oxygen atoms in total. The summed E-state index contributed by atoms with van der Waals surface area (Å²) >= 11 is 0. The number of aryl methyl sites for hydroxylation is 1. The Bertz CT molecular complexity index is 291. The lowest BCUT2D eigenvalue weighted by atomic mass is 9.94. The van der Waals surface area contributed by atoms with Crippen molar-refractivity contribution in [1.82, 2.24) is 0 Å². The molecule has 0 aromatic heterocycles. The molecule has 0 bridgehead atoms. The van der Waals surface area contributed by atoms with Crippen LogP contribution in [0, 0.1) is 12.7 Å². The van der Waals surface area contributed by atoms with Crippen LogP contribution < -0.4 is 0 Å². The van der Waals surface area contributed by atoms with Crippen LogP contribution in [0.15, 0.2) is 18.2 Å². The van der Waals surface area contributed by atoms with Gasteiger partial charge in [-0.3, -0.25) is 0 Å². The molecule has 0 aliphatic rings. The van der Waals surface area contributed by atoms with E-state index in [0.29, 0.717) is 5.92 Å². The molecule has 0 aliphatic carbocycles. The minimum absolute atomic E-state index is 0.101. The van der Waals surface area contributed by atoms with Crippen LogP contribution in [0.25, 0.3) is 0 Å². The van der Waals surface area contributed by atoms with Gasteiger partial charge in [0.1, 0.15) is 5.82 Å². The maximum atomic E-state index is 13.0. The van der Waals surface area contributed by atoms with Gasteiger partial charge in [0, 0.05) is 0 Å². The van der Waals surface area contributed by atoms with Crippen molar-refractivity contribution in [3.8, 4) is 0 Å². The monoisotopic (exact) mass is 194 g/mol. The van der Waals surface area contributed by atoms with E-state index in [4.69, 9.17) is 0 Å². The maximum Gasteiger partial charge on any atom is 0.126 e. The highest BCUT2D eigenvalue weighted by molar-refractivity contribution is 5.26. The van der Waals surface area contributed by atoms with E-state index < -0.39 is 0 Å². The van der Waals surface area contributed by atoms with Crippen molar-refractivity contribution in [2.24, 2.45) is 0 Å². The lowest BCUT2D eigenvalue weighted by Gasteiger charge is -2.12. The lowest BCUT2D eigenvalue weighted by Crippen LogP contribution is -1.95. The van der Waals surface area contributed by atoms with Crippen molar-refractivity contribution in [3.63, 3.8) is 0 Å². The zero-order valence-electron chi connectivity index (χ0n) is 9.31. The molecule has 0 heterocycles. The summed E-state index contributed by atoms with van der Waals surface area (Å²) in [5.74, 6) is 0.450. The SMILES string of the molecule is CCCCC(C)c1ccc(F)c(C)c1. The third kappa shape index (κ3) is 2.83. The van der Waals surface area contributed by atoms with Gasteiger partial charge in [-0.25, -0.2) is 4.39 Å². The zero-order chi connectivity index (χ0) is 10.6. The fraction of sp³-hybridized carbons (Fsp3) is 0.538. The smallest absolute Gasteiger partial charge is 0.126 e. The fourth-order valence-corrected chi connectivity index (χ4v) is 1.65. The molecule has 14 heavy (non-hydrogen) atoms. The summed E-state index contributed by atoms with van der Waals surface area (Å²) in [5.41, 5.74) is 2.02. The average molecular weight is 194 g/mol. The van der Waals surface area contributed by atoms with Gasteiger partial charge in [-0.15, -0.1) is 0 Å². The molecule has 0 aliphatic heterocycles. The van der Waals surface area contributed by atoms with Crippen molar-refractivity contribution < 1.29 is 4.39 Å². The van der Waals surface area contributed by atoms with Gasteiger partial charge in [0.25, 0.3) is 0 Å². The molecule has 0 radical (unpaired) electrons. The Labute approximate surface area is 86.2 Å². The molecule has 0 saturated carbocycles. The van der Waals surface area contributed by atoms with Crippen LogP contribution in [0.4, 0.5) is 4.39 Å². The van der Waals surface area contributed by atoms with Crippen molar-refractivity contribution in [1.29, 1.82) is 0 Å². The first-order valence-corrected chi connectivity index (χ1v) is 5.41. The number of unbranched alkanes of at least 4 members (excludes halogenated alkanes) is 1. The van der Waals surface area contributed by atoms with E-state index in [1.165, 1.54) is 24.8 Å². The summed E-state index contributed by atoms with van der Waals surface area (Å²) in [4.78, 5) is 0. The second kappa shape index (κ2) is 5.14. The van der Waals surface area contributed by atoms with Gasteiger partial charge in [-0.1, -0.05) is 38.8 Å². The quantitative estimate of drug-likeness (QED) is 0.665. The van der Waals surface area contributed by atoms with Crippen molar-refractivity contribution >= 4 is 0 Å². The second-order valence-corrected chi connectivity index (χ2v) is 4.05. The third-order valence-electron chi connectivity index (χ3n) is 2.74. The number of hydrogen-bond acceptors (Lipinski definition) is 0. The highest BCUT2D eigenvalue weighted by Gasteiger charge is 2.06. The standard InChI is InChI=1S/C13H19F/c1-4-5-6-10(2)12-7-8-13(14)11(3)9-12/h7-10H,4-6H2,1-3H3. The number of rotatable bonds is 4. The number of halogens is 1. The van der Waals surface area contributed by atoms with E-state index in [2.05, 4.69) is 13.8 Å². The van der Waals surface area contributed by atoms with Crippen LogP contribution in [-0.2, 0) is 0 Å². The molecule has 0 spiro atoms. The van der Waals surface area contributed by atoms with E-state index in [9.17, 15) is 4.39 Å². The van der Waals surface area contributed by atoms with E-state index in [1.807, 2.05) is 19.1 Å². The Morgan fingerprint density at radius 3 is 2.64 bits per heavy atom. The molecule has 1 rings (SSSR count). The van der Waals surface area contributed by atoms with Crippen molar-refractivity contribution in [2.75, 3.05) is 0 Å². The summed E-state index contributed by atoms with van der Waals surface area (Å²) in [6.07, 6.45) is 3.67. The van der Waals surface area contributed by atoms with Crippen LogP contribution in [0.2, 0.25) is 0 Å². The molecule has 1 aromatic carbocycles. The molecule has 1 unspecified atom stereocenters. The second-order valence-electron chi connectivity index (χ2n) is 4.05. The summed E-state index contributed by atoms with van der Waals surface area (Å²) in [7, 11) is 0. The normalized spacial score (nSPS) is 12.9. The fourth-order valence-electron chi connectivity index (χ4n) is 1.65. The van der Waals surface area contributed by atoms with Gasteiger partial charge < -0.3 is 0 Å². The van der Waals surface area contributed by atoms with E-state index in [1.54, 1.807) is 6.07 Å². The third-order valence-corrected chi connectivity index (χ3v) is 2.74. The van der Waals surface area contributed by atoms with E-state index in [0.717, 1.165) is 5.56 Å². The minimum atomic E-state index is -0.101. The maximum absolute atomic E-state index is 13.0. The van der Waals surface area contributed by atoms with Crippen molar-refractivity contribution in [2.45, 2.75) is 46.0 Å². The van der Waals surface area contributed by atoms with Crippen LogP contribution in [0.3, 0.4) is 0 Å². The largest absolute Gasteiger partial charge is 0.207 e. The van der Waals surface area contributed by atoms with Gasteiger partial charge in [-0.2, -0.15) is 0 Å². The molecular weight excluding hydrogens is 175 g/mol. The zero-order valence-corrected chi connectivity index (χ0v) is 9.31. The predicted molar refractivity (Wildman–Crippen MR) is 59.1 cm³/mol. The van der Waals surface area contributed by atoms with E-state index in [-0.39, 0.29) is 5.82 Å². The Morgan fingerprint density at radius 1 is 1.36 bits per heavy atom. The van der Waals surface area contributed by atoms with Crippen LogP contribution in [0.1, 0.15) is 50.2 Å². The molecule has 1 aromatic rings. The summed E-state index contributed by atoms with van der Waals surface area (Å²) in [6.45, 7) is 6.23. The Balaban J connectivity index is 2.70. The van der Waals surface area contributed by atoms with Crippen molar-refractivity contribution in [3.05, 3.63) is 35.1 Å².